The normalized spacial score (nSPS) is 17.9. The molecule has 1 aliphatic heterocycles. The Morgan fingerprint density at radius 2 is 1.90 bits per heavy atom. The van der Waals surface area contributed by atoms with Gasteiger partial charge in [-0.1, -0.05) is 6.42 Å². The molecular formula is C18H31N3. The summed E-state index contributed by atoms with van der Waals surface area (Å²) in [6.45, 7) is 13.6. The van der Waals surface area contributed by atoms with Gasteiger partial charge in [-0.15, -0.1) is 0 Å². The van der Waals surface area contributed by atoms with Gasteiger partial charge in [-0.25, -0.2) is 0 Å². The number of hydrogen-bond acceptors (Lipinski definition) is 3. The zero-order valence-electron chi connectivity index (χ0n) is 14.2. The predicted octanol–water partition coefficient (Wildman–Crippen LogP) is 3.53. The van der Waals surface area contributed by atoms with Gasteiger partial charge >= 0.3 is 0 Å². The van der Waals surface area contributed by atoms with Crippen molar-refractivity contribution in [2.45, 2.75) is 59.4 Å². The molecule has 2 rings (SSSR count). The van der Waals surface area contributed by atoms with Crippen LogP contribution in [0.3, 0.4) is 0 Å². The SMILES string of the molecule is Cc1cc(C)c(C(C)NCCCN2CCCCC2)c(C)n1. The average molecular weight is 289 g/mol. The van der Waals surface area contributed by atoms with E-state index in [2.05, 4.69) is 49.0 Å². The summed E-state index contributed by atoms with van der Waals surface area (Å²) < 4.78 is 0. The summed E-state index contributed by atoms with van der Waals surface area (Å²) in [4.78, 5) is 7.22. The van der Waals surface area contributed by atoms with Crippen molar-refractivity contribution in [1.29, 1.82) is 0 Å². The quantitative estimate of drug-likeness (QED) is 0.812. The molecule has 1 aliphatic rings. The van der Waals surface area contributed by atoms with Gasteiger partial charge in [0.25, 0.3) is 0 Å². The summed E-state index contributed by atoms with van der Waals surface area (Å²) in [5.41, 5.74) is 5.02. The summed E-state index contributed by atoms with van der Waals surface area (Å²) in [6, 6.07) is 2.58. The van der Waals surface area contributed by atoms with Crippen LogP contribution < -0.4 is 5.32 Å². The number of aromatic nitrogens is 1. The second-order valence-electron chi connectivity index (χ2n) is 6.51. The molecule has 0 saturated carbocycles. The molecule has 0 radical (unpaired) electrons. The van der Waals surface area contributed by atoms with E-state index in [0.717, 1.165) is 12.2 Å². The number of piperidine rings is 1. The Hall–Kier alpha value is -0.930. The first-order valence-corrected chi connectivity index (χ1v) is 8.48. The lowest BCUT2D eigenvalue weighted by Gasteiger charge is -2.26. The monoisotopic (exact) mass is 289 g/mol. The molecule has 0 bridgehead atoms. The number of aryl methyl sites for hydroxylation is 3. The molecule has 1 N–H and O–H groups in total. The van der Waals surface area contributed by atoms with Crippen LogP contribution in [-0.2, 0) is 0 Å². The van der Waals surface area contributed by atoms with Gasteiger partial charge in [0.1, 0.15) is 0 Å². The van der Waals surface area contributed by atoms with E-state index in [-0.39, 0.29) is 0 Å². The van der Waals surface area contributed by atoms with E-state index in [0.29, 0.717) is 6.04 Å². The Bertz CT molecular complexity index is 427. The van der Waals surface area contributed by atoms with Gasteiger partial charge in [0.2, 0.25) is 0 Å². The number of pyridine rings is 1. The van der Waals surface area contributed by atoms with Crippen molar-refractivity contribution in [2.24, 2.45) is 0 Å². The topological polar surface area (TPSA) is 28.2 Å². The van der Waals surface area contributed by atoms with Crippen molar-refractivity contribution in [3.05, 3.63) is 28.6 Å². The largest absolute Gasteiger partial charge is 0.310 e. The molecule has 21 heavy (non-hydrogen) atoms. The first-order valence-electron chi connectivity index (χ1n) is 8.48. The van der Waals surface area contributed by atoms with Crippen LogP contribution in [0, 0.1) is 20.8 Å². The van der Waals surface area contributed by atoms with Crippen molar-refractivity contribution in [1.82, 2.24) is 15.2 Å². The number of hydrogen-bond donors (Lipinski definition) is 1. The molecule has 3 heteroatoms. The van der Waals surface area contributed by atoms with Crippen LogP contribution >= 0.6 is 0 Å². The van der Waals surface area contributed by atoms with Gasteiger partial charge in [-0.3, -0.25) is 4.98 Å². The van der Waals surface area contributed by atoms with Gasteiger partial charge in [-0.05, 0) is 90.3 Å². The van der Waals surface area contributed by atoms with E-state index in [1.54, 1.807) is 0 Å². The maximum atomic E-state index is 4.61. The fourth-order valence-corrected chi connectivity index (χ4v) is 3.59. The highest BCUT2D eigenvalue weighted by molar-refractivity contribution is 5.33. The van der Waals surface area contributed by atoms with Crippen LogP contribution in [0.2, 0.25) is 0 Å². The molecule has 0 amide bonds. The number of nitrogens with zero attached hydrogens (tertiary/aromatic N) is 2. The fourth-order valence-electron chi connectivity index (χ4n) is 3.59. The Morgan fingerprint density at radius 3 is 2.57 bits per heavy atom. The number of nitrogens with one attached hydrogen (secondary N) is 1. The van der Waals surface area contributed by atoms with E-state index in [4.69, 9.17) is 0 Å². The third-order valence-electron chi connectivity index (χ3n) is 4.57. The third kappa shape index (κ3) is 4.79. The van der Waals surface area contributed by atoms with Gasteiger partial charge in [0, 0.05) is 17.4 Å². The van der Waals surface area contributed by atoms with E-state index in [1.807, 2.05) is 0 Å². The molecule has 118 valence electrons. The minimum atomic E-state index is 0.388. The highest BCUT2D eigenvalue weighted by Crippen LogP contribution is 2.21. The van der Waals surface area contributed by atoms with Crippen LogP contribution in [-0.4, -0.2) is 36.1 Å². The van der Waals surface area contributed by atoms with Crippen LogP contribution in [0.15, 0.2) is 6.07 Å². The molecular weight excluding hydrogens is 258 g/mol. The van der Waals surface area contributed by atoms with Gasteiger partial charge in [0.05, 0.1) is 0 Å². The molecule has 0 spiro atoms. The van der Waals surface area contributed by atoms with E-state index >= 15 is 0 Å². The summed E-state index contributed by atoms with van der Waals surface area (Å²) in [5, 5.41) is 3.67. The van der Waals surface area contributed by atoms with Crippen molar-refractivity contribution in [2.75, 3.05) is 26.2 Å². The Kier molecular flexibility index (Phi) is 6.19. The Labute approximate surface area is 130 Å². The van der Waals surface area contributed by atoms with Gasteiger partial charge in [-0.2, -0.15) is 0 Å². The maximum absolute atomic E-state index is 4.61. The summed E-state index contributed by atoms with van der Waals surface area (Å²) >= 11 is 0. The maximum Gasteiger partial charge on any atom is 0.0426 e. The molecule has 1 aromatic heterocycles. The van der Waals surface area contributed by atoms with Crippen molar-refractivity contribution in [3.63, 3.8) is 0 Å². The fraction of sp³-hybridized carbons (Fsp3) is 0.722. The lowest BCUT2D eigenvalue weighted by molar-refractivity contribution is 0.225. The van der Waals surface area contributed by atoms with Crippen LogP contribution in [0.5, 0.6) is 0 Å². The number of likely N-dealkylation sites (tertiary alicyclic amines) is 1. The van der Waals surface area contributed by atoms with Gasteiger partial charge < -0.3 is 10.2 Å². The molecule has 1 unspecified atom stereocenters. The summed E-state index contributed by atoms with van der Waals surface area (Å²) in [7, 11) is 0. The molecule has 1 aromatic rings. The predicted molar refractivity (Wildman–Crippen MR) is 89.8 cm³/mol. The van der Waals surface area contributed by atoms with E-state index in [9.17, 15) is 0 Å². The van der Waals surface area contributed by atoms with E-state index in [1.165, 1.54) is 62.1 Å². The minimum absolute atomic E-state index is 0.388. The molecule has 0 aromatic carbocycles. The zero-order chi connectivity index (χ0) is 15.2. The molecule has 1 saturated heterocycles. The molecule has 1 fully saturated rings. The van der Waals surface area contributed by atoms with Crippen LogP contribution in [0.25, 0.3) is 0 Å². The minimum Gasteiger partial charge on any atom is -0.310 e. The van der Waals surface area contributed by atoms with Crippen LogP contribution in [0.1, 0.15) is 61.2 Å². The lowest BCUT2D eigenvalue weighted by Crippen LogP contribution is -2.32. The molecule has 0 aliphatic carbocycles. The van der Waals surface area contributed by atoms with Crippen LogP contribution in [0.4, 0.5) is 0 Å². The summed E-state index contributed by atoms with van der Waals surface area (Å²) in [5.74, 6) is 0. The Morgan fingerprint density at radius 1 is 1.19 bits per heavy atom. The highest BCUT2D eigenvalue weighted by atomic mass is 15.1. The first-order chi connectivity index (χ1) is 10.1. The van der Waals surface area contributed by atoms with E-state index < -0.39 is 0 Å². The van der Waals surface area contributed by atoms with Crippen molar-refractivity contribution >= 4 is 0 Å². The van der Waals surface area contributed by atoms with Gasteiger partial charge in [0.15, 0.2) is 0 Å². The molecule has 2 heterocycles. The zero-order valence-corrected chi connectivity index (χ0v) is 14.2. The third-order valence-corrected chi connectivity index (χ3v) is 4.57. The Balaban J connectivity index is 1.78. The smallest absolute Gasteiger partial charge is 0.0426 e. The highest BCUT2D eigenvalue weighted by Gasteiger charge is 2.13. The standard InChI is InChI=1S/C18H31N3/c1-14-13-15(2)20-17(4)18(14)16(3)19-9-8-12-21-10-6-5-7-11-21/h13,16,19H,5-12H2,1-4H3. The van der Waals surface area contributed by atoms with Crippen molar-refractivity contribution < 1.29 is 0 Å². The average Bonchev–Trinajstić information content (AvgIpc) is 2.43. The lowest BCUT2D eigenvalue weighted by atomic mass is 10.0. The molecule has 3 nitrogen and oxygen atoms in total. The molecule has 1 atom stereocenters. The second kappa shape index (κ2) is 7.90. The van der Waals surface area contributed by atoms with Crippen molar-refractivity contribution in [3.8, 4) is 0 Å². The first kappa shape index (κ1) is 16.4. The second-order valence-corrected chi connectivity index (χ2v) is 6.51. The summed E-state index contributed by atoms with van der Waals surface area (Å²) in [6.07, 6.45) is 5.43. The number of rotatable bonds is 6.